The fourth-order valence-corrected chi connectivity index (χ4v) is 3.89. The number of esters is 1. The molecule has 0 radical (unpaired) electrons. The van der Waals surface area contributed by atoms with Crippen LogP contribution >= 0.6 is 11.5 Å². The molecule has 0 spiro atoms. The Morgan fingerprint density at radius 2 is 2.14 bits per heavy atom. The molecule has 4 rings (SSSR count). The largest absolute Gasteiger partial charge is 0.460 e. The molecule has 1 N–H and O–H groups in total. The number of rotatable bonds is 5. The molecule has 0 fully saturated rings. The van der Waals surface area contributed by atoms with E-state index in [0.29, 0.717) is 33.1 Å². The monoisotopic (exact) mass is 414 g/mol. The number of fused-ring (bicyclic) bond motifs is 1. The van der Waals surface area contributed by atoms with Crippen LogP contribution in [0.3, 0.4) is 0 Å². The summed E-state index contributed by atoms with van der Waals surface area (Å²) in [6.07, 6.45) is -0.608. The van der Waals surface area contributed by atoms with E-state index in [4.69, 9.17) is 14.2 Å². The van der Waals surface area contributed by atoms with Gasteiger partial charge in [-0.1, -0.05) is 30.3 Å². The van der Waals surface area contributed by atoms with Crippen molar-refractivity contribution in [1.82, 2.24) is 4.37 Å². The number of hydrogen-bond acceptors (Lipinski definition) is 7. The summed E-state index contributed by atoms with van der Waals surface area (Å²) in [6.45, 7) is 1.81. The third-order valence-corrected chi connectivity index (χ3v) is 5.50. The van der Waals surface area contributed by atoms with Crippen LogP contribution in [0.15, 0.2) is 42.5 Å². The van der Waals surface area contributed by atoms with E-state index in [1.54, 1.807) is 14.0 Å². The van der Waals surface area contributed by atoms with Crippen molar-refractivity contribution in [2.45, 2.75) is 26.4 Å². The smallest absolute Gasteiger partial charge is 0.343 e. The summed E-state index contributed by atoms with van der Waals surface area (Å²) in [5, 5.41) is 3.56. The Morgan fingerprint density at radius 1 is 1.34 bits per heavy atom. The molecular formula is C21H19FN2O4S. The highest BCUT2D eigenvalue weighted by Gasteiger charge is 2.26. The Balaban J connectivity index is 1.56. The fourth-order valence-electron chi connectivity index (χ4n) is 3.15. The number of carbonyl (C=O) groups is 1. The minimum absolute atomic E-state index is 0.126. The predicted octanol–water partition coefficient (Wildman–Crippen LogP) is 4.60. The van der Waals surface area contributed by atoms with E-state index < -0.39 is 18.1 Å². The number of hydrogen-bond donors (Lipinski definition) is 1. The third-order valence-electron chi connectivity index (χ3n) is 4.55. The van der Waals surface area contributed by atoms with Gasteiger partial charge in [0.1, 0.15) is 28.7 Å². The summed E-state index contributed by atoms with van der Waals surface area (Å²) in [4.78, 5) is 12.6. The van der Waals surface area contributed by atoms with Gasteiger partial charge in [0.25, 0.3) is 0 Å². The van der Waals surface area contributed by atoms with E-state index in [1.165, 1.54) is 23.7 Å². The molecule has 0 amide bonds. The molecule has 2 aromatic carbocycles. The van der Waals surface area contributed by atoms with Gasteiger partial charge in [-0.25, -0.2) is 9.18 Å². The zero-order valence-electron chi connectivity index (χ0n) is 15.9. The Morgan fingerprint density at radius 3 is 2.90 bits per heavy atom. The zero-order valence-corrected chi connectivity index (χ0v) is 16.7. The third kappa shape index (κ3) is 3.94. The molecule has 0 bridgehead atoms. The summed E-state index contributed by atoms with van der Waals surface area (Å²) in [7, 11) is 1.71. The van der Waals surface area contributed by atoms with Gasteiger partial charge >= 0.3 is 5.97 Å². The lowest BCUT2D eigenvalue weighted by Crippen LogP contribution is -2.20. The van der Waals surface area contributed by atoms with Crippen LogP contribution in [0.4, 0.5) is 9.39 Å². The van der Waals surface area contributed by atoms with Crippen molar-refractivity contribution < 1.29 is 23.4 Å². The Hall–Kier alpha value is -2.97. The van der Waals surface area contributed by atoms with Crippen molar-refractivity contribution in [1.29, 1.82) is 0 Å². The van der Waals surface area contributed by atoms with Crippen LogP contribution in [-0.4, -0.2) is 17.4 Å². The van der Waals surface area contributed by atoms with Gasteiger partial charge in [0.05, 0.1) is 12.3 Å². The SMILES string of the molecule is CNc1snc(C)c1C(=O)OCc1cc(F)cc2c1OC(c1ccccc1)OC2. The lowest BCUT2D eigenvalue weighted by Gasteiger charge is -2.28. The molecule has 3 aromatic rings. The number of ether oxygens (including phenoxy) is 3. The van der Waals surface area contributed by atoms with Crippen molar-refractivity contribution in [2.24, 2.45) is 0 Å². The summed E-state index contributed by atoms with van der Waals surface area (Å²) in [5.74, 6) is -0.483. The molecule has 1 atom stereocenters. The second-order valence-electron chi connectivity index (χ2n) is 6.52. The van der Waals surface area contributed by atoms with Crippen molar-refractivity contribution in [3.05, 3.63) is 76.2 Å². The molecule has 1 aromatic heterocycles. The van der Waals surface area contributed by atoms with E-state index >= 15 is 0 Å². The number of halogens is 1. The Kier molecular flexibility index (Phi) is 5.46. The van der Waals surface area contributed by atoms with Gasteiger partial charge in [-0.2, -0.15) is 4.37 Å². The average molecular weight is 414 g/mol. The van der Waals surface area contributed by atoms with E-state index in [9.17, 15) is 9.18 Å². The van der Waals surface area contributed by atoms with Crippen LogP contribution in [0.5, 0.6) is 5.75 Å². The standard InChI is InChI=1S/C21H19FN2O4S/c1-12-17(19(23-2)29-24-12)20(25)26-10-14-8-16(22)9-15-11-27-21(28-18(14)15)13-6-4-3-5-7-13/h3-9,21,23H,10-11H2,1-2H3. The molecule has 6 nitrogen and oxygen atoms in total. The number of aromatic nitrogens is 1. The molecule has 29 heavy (non-hydrogen) atoms. The van der Waals surface area contributed by atoms with Gasteiger partial charge in [0, 0.05) is 23.7 Å². The molecule has 1 unspecified atom stereocenters. The minimum atomic E-state index is -0.608. The number of carbonyl (C=O) groups excluding carboxylic acids is 1. The molecule has 0 saturated carbocycles. The number of benzene rings is 2. The minimum Gasteiger partial charge on any atom is -0.460 e. The maximum Gasteiger partial charge on any atom is 0.343 e. The molecule has 1 aliphatic heterocycles. The highest BCUT2D eigenvalue weighted by molar-refractivity contribution is 7.10. The molecule has 0 saturated heterocycles. The Labute approximate surface area is 171 Å². The van der Waals surface area contributed by atoms with Gasteiger partial charge in [-0.15, -0.1) is 0 Å². The van der Waals surface area contributed by atoms with E-state index in [1.807, 2.05) is 30.3 Å². The topological polar surface area (TPSA) is 69.7 Å². The van der Waals surface area contributed by atoms with Crippen LogP contribution < -0.4 is 10.1 Å². The highest BCUT2D eigenvalue weighted by Crippen LogP contribution is 2.37. The Bertz CT molecular complexity index is 1040. The number of nitrogens with zero attached hydrogens (tertiary/aromatic N) is 1. The maximum absolute atomic E-state index is 14.1. The first kappa shape index (κ1) is 19.4. The summed E-state index contributed by atoms with van der Waals surface area (Å²) in [5.41, 5.74) is 2.84. The molecule has 8 heteroatoms. The van der Waals surface area contributed by atoms with E-state index in [-0.39, 0.29) is 13.2 Å². The molecule has 150 valence electrons. The predicted molar refractivity (Wildman–Crippen MR) is 107 cm³/mol. The quantitative estimate of drug-likeness (QED) is 0.616. The fraction of sp³-hybridized carbons (Fsp3) is 0.238. The zero-order chi connectivity index (χ0) is 20.4. The maximum atomic E-state index is 14.1. The van der Waals surface area contributed by atoms with E-state index in [0.717, 1.165) is 5.56 Å². The lowest BCUT2D eigenvalue weighted by molar-refractivity contribution is -0.112. The molecule has 2 heterocycles. The second kappa shape index (κ2) is 8.18. The van der Waals surface area contributed by atoms with Crippen LogP contribution in [0.2, 0.25) is 0 Å². The summed E-state index contributed by atoms with van der Waals surface area (Å²) >= 11 is 1.19. The first-order valence-corrected chi connectivity index (χ1v) is 9.79. The van der Waals surface area contributed by atoms with Gasteiger partial charge < -0.3 is 19.5 Å². The lowest BCUT2D eigenvalue weighted by atomic mass is 10.1. The first-order valence-electron chi connectivity index (χ1n) is 9.02. The summed E-state index contributed by atoms with van der Waals surface area (Å²) in [6, 6.07) is 12.2. The number of anilines is 1. The first-order chi connectivity index (χ1) is 14.1. The molecule has 1 aliphatic rings. The summed E-state index contributed by atoms with van der Waals surface area (Å²) < 4.78 is 35.4. The number of aryl methyl sites for hydroxylation is 1. The normalized spacial score (nSPS) is 15.3. The van der Waals surface area contributed by atoms with Gasteiger partial charge in [-0.05, 0) is 30.6 Å². The van der Waals surface area contributed by atoms with Crippen LogP contribution in [0.25, 0.3) is 0 Å². The van der Waals surface area contributed by atoms with Crippen molar-refractivity contribution in [3.8, 4) is 5.75 Å². The van der Waals surface area contributed by atoms with Crippen molar-refractivity contribution in [2.75, 3.05) is 12.4 Å². The number of nitrogens with one attached hydrogen (secondary N) is 1. The average Bonchev–Trinajstić information content (AvgIpc) is 3.12. The molecule has 0 aliphatic carbocycles. The van der Waals surface area contributed by atoms with Gasteiger partial charge in [0.15, 0.2) is 0 Å². The second-order valence-corrected chi connectivity index (χ2v) is 7.30. The highest BCUT2D eigenvalue weighted by atomic mass is 32.1. The van der Waals surface area contributed by atoms with Crippen LogP contribution in [0.1, 0.15) is 39.0 Å². The van der Waals surface area contributed by atoms with Crippen molar-refractivity contribution >= 4 is 22.5 Å². The van der Waals surface area contributed by atoms with Gasteiger partial charge in [-0.3, -0.25) is 0 Å². The van der Waals surface area contributed by atoms with Gasteiger partial charge in [0.2, 0.25) is 6.29 Å². The van der Waals surface area contributed by atoms with Crippen LogP contribution in [0, 0.1) is 12.7 Å². The molecular weight excluding hydrogens is 395 g/mol. The van der Waals surface area contributed by atoms with E-state index in [2.05, 4.69) is 9.69 Å². The van der Waals surface area contributed by atoms with Crippen LogP contribution in [-0.2, 0) is 22.7 Å². The van der Waals surface area contributed by atoms with Crippen molar-refractivity contribution in [3.63, 3.8) is 0 Å².